The van der Waals surface area contributed by atoms with Crippen molar-refractivity contribution >= 4 is 16.7 Å². The van der Waals surface area contributed by atoms with Gasteiger partial charge in [0.2, 0.25) is 0 Å². The van der Waals surface area contributed by atoms with Crippen molar-refractivity contribution in [3.05, 3.63) is 52.2 Å². The van der Waals surface area contributed by atoms with E-state index in [1.54, 1.807) is 6.08 Å². The SMILES string of the molecule is CCc1[nH]nc2c1CCCc1c-2[nH]c2cc(C(C)(C)C(=O)/C=C\C(C)C)c(C)cc12. The first-order chi connectivity index (χ1) is 14.2. The molecule has 1 aromatic carbocycles. The van der Waals surface area contributed by atoms with Gasteiger partial charge in [0, 0.05) is 22.2 Å². The molecule has 1 aliphatic rings. The number of benzene rings is 1. The molecule has 0 aliphatic heterocycles. The van der Waals surface area contributed by atoms with Crippen molar-refractivity contribution in [3.8, 4) is 11.4 Å². The molecular formula is C26H33N3O. The largest absolute Gasteiger partial charge is 0.353 e. The van der Waals surface area contributed by atoms with Crippen LogP contribution in [0.2, 0.25) is 0 Å². The molecule has 0 saturated carbocycles. The second-order valence-corrected chi connectivity index (χ2v) is 9.52. The number of fused-ring (bicyclic) bond motifs is 5. The number of nitrogens with zero attached hydrogens (tertiary/aromatic N) is 1. The van der Waals surface area contributed by atoms with Gasteiger partial charge in [-0.1, -0.05) is 26.8 Å². The number of ketones is 1. The van der Waals surface area contributed by atoms with Crippen LogP contribution in [-0.2, 0) is 29.5 Å². The van der Waals surface area contributed by atoms with E-state index in [1.807, 2.05) is 19.9 Å². The number of hydrogen-bond donors (Lipinski definition) is 2. The highest BCUT2D eigenvalue weighted by atomic mass is 16.1. The van der Waals surface area contributed by atoms with Crippen LogP contribution in [0.3, 0.4) is 0 Å². The van der Waals surface area contributed by atoms with E-state index in [9.17, 15) is 4.79 Å². The molecule has 4 nitrogen and oxygen atoms in total. The normalized spacial score (nSPS) is 14.4. The van der Waals surface area contributed by atoms with Crippen LogP contribution in [0.25, 0.3) is 22.3 Å². The maximum atomic E-state index is 13.0. The van der Waals surface area contributed by atoms with Crippen LogP contribution in [0.5, 0.6) is 0 Å². The van der Waals surface area contributed by atoms with Crippen molar-refractivity contribution < 1.29 is 4.79 Å². The maximum absolute atomic E-state index is 13.0. The predicted octanol–water partition coefficient (Wildman–Crippen LogP) is 5.98. The van der Waals surface area contributed by atoms with Crippen LogP contribution in [0.1, 0.15) is 69.0 Å². The number of carbonyl (C=O) groups excluding carboxylic acids is 1. The van der Waals surface area contributed by atoms with Gasteiger partial charge < -0.3 is 4.98 Å². The lowest BCUT2D eigenvalue weighted by Gasteiger charge is -2.24. The summed E-state index contributed by atoms with van der Waals surface area (Å²) in [5, 5.41) is 9.17. The quantitative estimate of drug-likeness (QED) is 0.515. The van der Waals surface area contributed by atoms with E-state index >= 15 is 0 Å². The molecule has 158 valence electrons. The van der Waals surface area contributed by atoms with Crippen molar-refractivity contribution in [1.82, 2.24) is 15.2 Å². The molecule has 0 amide bonds. The van der Waals surface area contributed by atoms with Crippen LogP contribution >= 0.6 is 0 Å². The Morgan fingerprint density at radius 1 is 1.23 bits per heavy atom. The lowest BCUT2D eigenvalue weighted by Crippen LogP contribution is -2.28. The number of H-pyrrole nitrogens is 2. The van der Waals surface area contributed by atoms with Crippen LogP contribution in [0, 0.1) is 12.8 Å². The minimum absolute atomic E-state index is 0.147. The van der Waals surface area contributed by atoms with Gasteiger partial charge in [0.1, 0.15) is 5.69 Å². The predicted molar refractivity (Wildman–Crippen MR) is 124 cm³/mol. The second kappa shape index (κ2) is 7.57. The summed E-state index contributed by atoms with van der Waals surface area (Å²) in [4.78, 5) is 16.7. The van der Waals surface area contributed by atoms with Crippen molar-refractivity contribution in [2.24, 2.45) is 5.92 Å². The fraction of sp³-hybridized carbons (Fsp3) is 0.462. The Morgan fingerprint density at radius 3 is 2.67 bits per heavy atom. The summed E-state index contributed by atoms with van der Waals surface area (Å²) in [5.41, 5.74) is 8.96. The van der Waals surface area contributed by atoms with E-state index < -0.39 is 5.41 Å². The fourth-order valence-electron chi connectivity index (χ4n) is 4.77. The van der Waals surface area contributed by atoms with Gasteiger partial charge >= 0.3 is 0 Å². The van der Waals surface area contributed by atoms with E-state index in [-0.39, 0.29) is 5.78 Å². The summed E-state index contributed by atoms with van der Waals surface area (Å²) >= 11 is 0. The molecule has 0 spiro atoms. The van der Waals surface area contributed by atoms with Gasteiger partial charge in [-0.3, -0.25) is 9.89 Å². The lowest BCUT2D eigenvalue weighted by molar-refractivity contribution is -0.118. The third-order valence-corrected chi connectivity index (χ3v) is 6.57. The fourth-order valence-corrected chi connectivity index (χ4v) is 4.77. The summed E-state index contributed by atoms with van der Waals surface area (Å²) in [6, 6.07) is 4.45. The number of aryl methyl sites for hydroxylation is 3. The zero-order valence-corrected chi connectivity index (χ0v) is 19.1. The molecule has 2 heterocycles. The molecule has 4 rings (SSSR count). The van der Waals surface area contributed by atoms with Crippen LogP contribution in [0.4, 0.5) is 0 Å². The summed E-state index contributed by atoms with van der Waals surface area (Å²) in [6.07, 6.45) is 7.96. The molecule has 4 heteroatoms. The summed E-state index contributed by atoms with van der Waals surface area (Å²) in [6.45, 7) is 12.5. The molecule has 0 fully saturated rings. The first-order valence-electron chi connectivity index (χ1n) is 11.2. The van der Waals surface area contributed by atoms with Crippen LogP contribution < -0.4 is 0 Å². The number of hydrogen-bond acceptors (Lipinski definition) is 2. The summed E-state index contributed by atoms with van der Waals surface area (Å²) in [7, 11) is 0. The topological polar surface area (TPSA) is 61.5 Å². The zero-order chi connectivity index (χ0) is 21.6. The highest BCUT2D eigenvalue weighted by molar-refractivity contribution is 6.00. The van der Waals surface area contributed by atoms with Crippen molar-refractivity contribution in [2.45, 2.75) is 72.6 Å². The number of aromatic amines is 2. The van der Waals surface area contributed by atoms with Crippen LogP contribution in [0.15, 0.2) is 24.3 Å². The van der Waals surface area contributed by atoms with Crippen molar-refractivity contribution in [3.63, 3.8) is 0 Å². The maximum Gasteiger partial charge on any atom is 0.165 e. The van der Waals surface area contributed by atoms with Gasteiger partial charge in [0.05, 0.1) is 11.1 Å². The number of carbonyl (C=O) groups is 1. The standard InChI is InChI=1S/C26H33N3O/c1-7-21-18-10-8-9-17-19-13-16(4)20(26(5,6)23(30)12-11-15(2)3)14-22(19)27-24(17)25(18)29-28-21/h11-15,27H,7-10H2,1-6H3,(H,28,29)/b12-11-. The molecule has 30 heavy (non-hydrogen) atoms. The molecule has 0 bridgehead atoms. The Hall–Kier alpha value is -2.62. The molecule has 1 aliphatic carbocycles. The molecule has 3 aromatic rings. The minimum Gasteiger partial charge on any atom is -0.353 e. The molecule has 0 saturated heterocycles. The summed E-state index contributed by atoms with van der Waals surface area (Å²) < 4.78 is 0. The monoisotopic (exact) mass is 403 g/mol. The molecule has 0 unspecified atom stereocenters. The number of aromatic nitrogens is 3. The highest BCUT2D eigenvalue weighted by Gasteiger charge is 2.31. The molecular weight excluding hydrogens is 370 g/mol. The van der Waals surface area contributed by atoms with Crippen LogP contribution in [-0.4, -0.2) is 21.0 Å². The number of allylic oxidation sites excluding steroid dienone is 2. The Morgan fingerprint density at radius 2 is 1.97 bits per heavy atom. The first kappa shape index (κ1) is 20.6. The Kier molecular flexibility index (Phi) is 5.21. The first-order valence-corrected chi connectivity index (χ1v) is 11.2. The molecule has 0 atom stereocenters. The van der Waals surface area contributed by atoms with Crippen molar-refractivity contribution in [1.29, 1.82) is 0 Å². The van der Waals surface area contributed by atoms with Gasteiger partial charge in [-0.2, -0.15) is 5.10 Å². The lowest BCUT2D eigenvalue weighted by atomic mass is 9.77. The zero-order valence-electron chi connectivity index (χ0n) is 19.1. The average Bonchev–Trinajstić information content (AvgIpc) is 3.21. The Labute approximate surface area is 179 Å². The van der Waals surface area contributed by atoms with E-state index in [0.717, 1.165) is 48.2 Å². The Bertz CT molecular complexity index is 1140. The molecule has 2 N–H and O–H groups in total. The third-order valence-electron chi connectivity index (χ3n) is 6.57. The highest BCUT2D eigenvalue weighted by Crippen LogP contribution is 2.39. The van der Waals surface area contributed by atoms with E-state index in [0.29, 0.717) is 5.92 Å². The van der Waals surface area contributed by atoms with E-state index in [1.165, 1.54) is 27.8 Å². The minimum atomic E-state index is -0.570. The van der Waals surface area contributed by atoms with Crippen molar-refractivity contribution in [2.75, 3.05) is 0 Å². The third kappa shape index (κ3) is 3.32. The number of nitrogens with one attached hydrogen (secondary N) is 2. The molecule has 2 aromatic heterocycles. The summed E-state index contributed by atoms with van der Waals surface area (Å²) in [5.74, 6) is 0.511. The molecule has 0 radical (unpaired) electrons. The average molecular weight is 404 g/mol. The van der Waals surface area contributed by atoms with Gasteiger partial charge in [-0.25, -0.2) is 0 Å². The smallest absolute Gasteiger partial charge is 0.165 e. The Balaban J connectivity index is 1.84. The van der Waals surface area contributed by atoms with E-state index in [2.05, 4.69) is 55.0 Å². The van der Waals surface area contributed by atoms with Gasteiger partial charge in [-0.15, -0.1) is 0 Å². The number of rotatable bonds is 5. The van der Waals surface area contributed by atoms with Gasteiger partial charge in [0.15, 0.2) is 5.78 Å². The second-order valence-electron chi connectivity index (χ2n) is 9.52. The van der Waals surface area contributed by atoms with Gasteiger partial charge in [-0.05, 0) is 87.3 Å². The van der Waals surface area contributed by atoms with Gasteiger partial charge in [0.25, 0.3) is 0 Å². The van der Waals surface area contributed by atoms with E-state index in [4.69, 9.17) is 0 Å².